The molecule has 1 N–H and O–H groups in total. The van der Waals surface area contributed by atoms with Crippen LogP contribution in [0.25, 0.3) is 0 Å². The van der Waals surface area contributed by atoms with Crippen LogP contribution in [0.3, 0.4) is 0 Å². The van der Waals surface area contributed by atoms with Gasteiger partial charge in [0.05, 0.1) is 0 Å². The molecule has 0 aliphatic carbocycles. The van der Waals surface area contributed by atoms with Gasteiger partial charge in [0.1, 0.15) is 12.0 Å². The van der Waals surface area contributed by atoms with Crippen molar-refractivity contribution in [2.24, 2.45) is 5.92 Å². The second-order valence-electron chi connectivity index (χ2n) is 9.81. The predicted molar refractivity (Wildman–Crippen MR) is 131 cm³/mol. The lowest BCUT2D eigenvalue weighted by Crippen LogP contribution is -2.46. The van der Waals surface area contributed by atoms with E-state index in [0.29, 0.717) is 18.2 Å². The van der Waals surface area contributed by atoms with Crippen molar-refractivity contribution >= 4 is 11.8 Å². The summed E-state index contributed by atoms with van der Waals surface area (Å²) in [6.07, 6.45) is 4.23. The molecule has 2 amide bonds. The highest BCUT2D eigenvalue weighted by Gasteiger charge is 2.24. The Morgan fingerprint density at radius 1 is 1.12 bits per heavy atom. The molecule has 3 heterocycles. The summed E-state index contributed by atoms with van der Waals surface area (Å²) in [5.41, 5.74) is 4.09. The second kappa shape index (κ2) is 11.1. The zero-order valence-electron chi connectivity index (χ0n) is 20.5. The van der Waals surface area contributed by atoms with Crippen molar-refractivity contribution in [3.05, 3.63) is 59.2 Å². The molecule has 8 heteroatoms. The highest BCUT2D eigenvalue weighted by molar-refractivity contribution is 5.92. The van der Waals surface area contributed by atoms with Crippen molar-refractivity contribution in [2.45, 2.75) is 45.3 Å². The van der Waals surface area contributed by atoms with Gasteiger partial charge in [-0.3, -0.25) is 14.5 Å². The van der Waals surface area contributed by atoms with Crippen molar-refractivity contribution in [2.75, 3.05) is 40.3 Å². The number of carbonyl (C=O) groups excluding carboxylic acids is 2. The molecule has 0 bridgehead atoms. The Hall–Kier alpha value is -2.84. The fourth-order valence-corrected chi connectivity index (χ4v) is 4.92. The van der Waals surface area contributed by atoms with E-state index in [2.05, 4.69) is 63.4 Å². The van der Waals surface area contributed by atoms with Crippen LogP contribution in [0.4, 0.5) is 0 Å². The Bertz CT molecular complexity index is 977. The summed E-state index contributed by atoms with van der Waals surface area (Å²) in [7, 11) is 4.11. The first-order chi connectivity index (χ1) is 16.4. The van der Waals surface area contributed by atoms with E-state index in [9.17, 15) is 9.59 Å². The quantitative estimate of drug-likeness (QED) is 0.643. The van der Waals surface area contributed by atoms with E-state index in [-0.39, 0.29) is 17.9 Å². The average molecular weight is 465 g/mol. The maximum absolute atomic E-state index is 12.9. The third-order valence-electron chi connectivity index (χ3n) is 7.12. The summed E-state index contributed by atoms with van der Waals surface area (Å²) in [4.78, 5) is 39.5. The predicted octanol–water partition coefficient (Wildman–Crippen LogP) is 1.95. The lowest BCUT2D eigenvalue weighted by molar-refractivity contribution is -0.130. The number of amides is 2. The monoisotopic (exact) mass is 464 g/mol. The Morgan fingerprint density at radius 2 is 1.79 bits per heavy atom. The number of nitrogens with one attached hydrogen (secondary N) is 1. The minimum atomic E-state index is -0.161. The van der Waals surface area contributed by atoms with Gasteiger partial charge in [0, 0.05) is 57.9 Å². The molecule has 34 heavy (non-hydrogen) atoms. The summed E-state index contributed by atoms with van der Waals surface area (Å²) in [5, 5.41) is 3.08. The van der Waals surface area contributed by atoms with Gasteiger partial charge >= 0.3 is 0 Å². The topological polar surface area (TPSA) is 81.7 Å². The molecule has 1 atom stereocenters. The van der Waals surface area contributed by atoms with Gasteiger partial charge in [0.25, 0.3) is 5.91 Å². The second-order valence-corrected chi connectivity index (χ2v) is 9.81. The van der Waals surface area contributed by atoms with E-state index < -0.39 is 0 Å². The Morgan fingerprint density at radius 3 is 2.41 bits per heavy atom. The van der Waals surface area contributed by atoms with Gasteiger partial charge in [-0.25, -0.2) is 9.97 Å². The molecular formula is C26H36N6O2. The van der Waals surface area contributed by atoms with Crippen molar-refractivity contribution in [3.63, 3.8) is 0 Å². The molecule has 0 spiro atoms. The van der Waals surface area contributed by atoms with E-state index in [4.69, 9.17) is 0 Å². The largest absolute Gasteiger partial charge is 0.349 e. The summed E-state index contributed by atoms with van der Waals surface area (Å²) in [6.45, 7) is 6.57. The first kappa shape index (κ1) is 24.3. The number of hydrogen-bond donors (Lipinski definition) is 1. The molecule has 0 saturated carbocycles. The number of carbonyl (C=O) groups is 2. The van der Waals surface area contributed by atoms with E-state index in [0.717, 1.165) is 57.7 Å². The van der Waals surface area contributed by atoms with Crippen LogP contribution >= 0.6 is 0 Å². The zero-order chi connectivity index (χ0) is 24.1. The van der Waals surface area contributed by atoms with Gasteiger partial charge in [0.15, 0.2) is 0 Å². The number of nitrogens with zero attached hydrogens (tertiary/aromatic N) is 5. The van der Waals surface area contributed by atoms with Crippen LogP contribution in [0.2, 0.25) is 0 Å². The normalized spacial score (nSPS) is 17.6. The molecular weight excluding hydrogens is 428 g/mol. The number of benzene rings is 1. The molecule has 1 aromatic heterocycles. The van der Waals surface area contributed by atoms with Crippen LogP contribution in [-0.2, 0) is 24.3 Å². The highest BCUT2D eigenvalue weighted by Crippen LogP contribution is 2.23. The lowest BCUT2D eigenvalue weighted by atomic mass is 9.92. The molecule has 0 unspecified atom stereocenters. The van der Waals surface area contributed by atoms with Crippen molar-refractivity contribution < 1.29 is 9.59 Å². The number of likely N-dealkylation sites (N-methyl/N-ethyl adjacent to an activating group) is 1. The molecule has 8 nitrogen and oxygen atoms in total. The van der Waals surface area contributed by atoms with Crippen LogP contribution in [0.1, 0.15) is 47.1 Å². The third-order valence-corrected chi connectivity index (χ3v) is 7.12. The van der Waals surface area contributed by atoms with Gasteiger partial charge in [-0.1, -0.05) is 24.3 Å². The Kier molecular flexibility index (Phi) is 7.90. The van der Waals surface area contributed by atoms with Gasteiger partial charge < -0.3 is 15.1 Å². The lowest BCUT2D eigenvalue weighted by Gasteiger charge is -2.31. The molecule has 1 saturated heterocycles. The summed E-state index contributed by atoms with van der Waals surface area (Å²) < 4.78 is 0. The average Bonchev–Trinajstić information content (AvgIpc) is 3.24. The number of hydrogen-bond acceptors (Lipinski definition) is 6. The first-order valence-electron chi connectivity index (χ1n) is 12.2. The summed E-state index contributed by atoms with van der Waals surface area (Å²) in [6, 6.07) is 10.6. The number of piperidine rings is 1. The van der Waals surface area contributed by atoms with Gasteiger partial charge in [-0.2, -0.15) is 0 Å². The molecule has 4 rings (SSSR count). The van der Waals surface area contributed by atoms with E-state index >= 15 is 0 Å². The van der Waals surface area contributed by atoms with Crippen LogP contribution < -0.4 is 5.32 Å². The minimum Gasteiger partial charge on any atom is -0.349 e. The molecule has 1 fully saturated rings. The Balaban J connectivity index is 1.28. The SMILES string of the molecule is CC(=O)N1CCC(Cc2cc(C(=O)NC[C@@H](CN3Cc4ccccc4C3)N(C)C)ncn2)CC1. The van der Waals surface area contributed by atoms with Crippen LogP contribution in [0, 0.1) is 5.92 Å². The highest BCUT2D eigenvalue weighted by atomic mass is 16.2. The van der Waals surface area contributed by atoms with Crippen molar-refractivity contribution in [3.8, 4) is 0 Å². The van der Waals surface area contributed by atoms with Crippen molar-refractivity contribution in [1.29, 1.82) is 0 Å². The third kappa shape index (κ3) is 6.18. The van der Waals surface area contributed by atoms with Crippen LogP contribution in [0.15, 0.2) is 36.7 Å². The van der Waals surface area contributed by atoms with Crippen molar-refractivity contribution in [1.82, 2.24) is 30.0 Å². The molecule has 2 aliphatic rings. The van der Waals surface area contributed by atoms with Gasteiger partial charge in [-0.05, 0) is 56.5 Å². The van der Waals surface area contributed by atoms with Crippen LogP contribution in [-0.4, -0.2) is 82.8 Å². The van der Waals surface area contributed by atoms with E-state index in [1.165, 1.54) is 17.5 Å². The summed E-state index contributed by atoms with van der Waals surface area (Å²) >= 11 is 0. The fraction of sp³-hybridized carbons (Fsp3) is 0.538. The molecule has 1 aromatic carbocycles. The summed E-state index contributed by atoms with van der Waals surface area (Å²) in [5.74, 6) is 0.459. The fourth-order valence-electron chi connectivity index (χ4n) is 4.92. The maximum atomic E-state index is 12.9. The standard InChI is InChI=1S/C26H36N6O2/c1-19(33)32-10-8-20(9-11-32)12-23-13-25(29-18-28-23)26(34)27-14-24(30(2)3)17-31-15-21-6-4-5-7-22(21)16-31/h4-7,13,18,20,24H,8-12,14-17H2,1-3H3,(H,27,34)/t24-/m0/s1. The molecule has 182 valence electrons. The molecule has 0 radical (unpaired) electrons. The Labute approximate surface area is 202 Å². The number of likely N-dealkylation sites (tertiary alicyclic amines) is 1. The number of aromatic nitrogens is 2. The van der Waals surface area contributed by atoms with E-state index in [1.54, 1.807) is 6.92 Å². The smallest absolute Gasteiger partial charge is 0.270 e. The van der Waals surface area contributed by atoms with Crippen LogP contribution in [0.5, 0.6) is 0 Å². The molecule has 2 aromatic rings. The van der Waals surface area contributed by atoms with Gasteiger partial charge in [0.2, 0.25) is 5.91 Å². The van der Waals surface area contributed by atoms with Gasteiger partial charge in [-0.15, -0.1) is 0 Å². The number of rotatable bonds is 8. The maximum Gasteiger partial charge on any atom is 0.270 e. The number of fused-ring (bicyclic) bond motifs is 1. The van der Waals surface area contributed by atoms with E-state index in [1.807, 2.05) is 11.0 Å². The zero-order valence-corrected chi connectivity index (χ0v) is 20.5. The minimum absolute atomic E-state index is 0.143. The first-order valence-corrected chi connectivity index (χ1v) is 12.2. The molecule has 2 aliphatic heterocycles.